The van der Waals surface area contributed by atoms with E-state index in [1.54, 1.807) is 6.08 Å². The number of allylic oxidation sites excluding steroid dienone is 10. The predicted molar refractivity (Wildman–Crippen MR) is 205 cm³/mol. The zero-order valence-electron chi connectivity index (χ0n) is 27.2. The second-order valence-electron chi connectivity index (χ2n) is 11.6. The van der Waals surface area contributed by atoms with Crippen LogP contribution >= 0.6 is 0 Å². The monoisotopic (exact) mass is 633 g/mol. The van der Waals surface area contributed by atoms with Crippen LogP contribution in [-0.2, 0) is 6.42 Å². The van der Waals surface area contributed by atoms with Gasteiger partial charge in [0.15, 0.2) is 11.6 Å². The second-order valence-corrected chi connectivity index (χ2v) is 11.6. The maximum Gasteiger partial charge on any atom is 0.164 e. The Morgan fingerprint density at radius 2 is 1.43 bits per heavy atom. The van der Waals surface area contributed by atoms with Crippen molar-refractivity contribution in [3.63, 3.8) is 0 Å². The van der Waals surface area contributed by atoms with Crippen LogP contribution in [-0.4, -0.2) is 15.0 Å². The highest BCUT2D eigenvalue weighted by atomic mass is 16.3. The highest BCUT2D eigenvalue weighted by molar-refractivity contribution is 6.14. The molecule has 2 heterocycles. The molecule has 49 heavy (non-hydrogen) atoms. The molecule has 7 rings (SSSR count). The smallest absolute Gasteiger partial charge is 0.164 e. The Kier molecular flexibility index (Phi) is 9.29. The van der Waals surface area contributed by atoms with Crippen molar-refractivity contribution in [3.05, 3.63) is 188 Å². The largest absolute Gasteiger partial charge is 0.455 e. The molecular formula is C45H35N3O. The lowest BCUT2D eigenvalue weighted by Gasteiger charge is -2.09. The first-order valence-corrected chi connectivity index (χ1v) is 16.4. The van der Waals surface area contributed by atoms with E-state index < -0.39 is 0 Å². The Morgan fingerprint density at radius 1 is 0.633 bits per heavy atom. The summed E-state index contributed by atoms with van der Waals surface area (Å²) in [5, 5.41) is 4.32. The molecule has 7 aromatic rings. The summed E-state index contributed by atoms with van der Waals surface area (Å²) in [4.78, 5) is 15.1. The van der Waals surface area contributed by atoms with E-state index in [1.807, 2.05) is 60.7 Å². The molecule has 0 saturated heterocycles. The van der Waals surface area contributed by atoms with Crippen molar-refractivity contribution in [1.82, 2.24) is 15.0 Å². The number of rotatable bonds is 11. The van der Waals surface area contributed by atoms with Gasteiger partial charge in [-0.2, -0.15) is 0 Å². The number of furan rings is 1. The highest BCUT2D eigenvalue weighted by Crippen LogP contribution is 2.40. The SMILES string of the molecule is C=C/C=C\C=C/CC(/C=C\Cc1nc(-c2ccc3ccccc3c2)nc(-c2cccc3oc4c(-c5ccccc5)cccc4c23)n1)=C/C=C. The van der Waals surface area contributed by atoms with Crippen LogP contribution < -0.4 is 0 Å². The third-order valence-electron chi connectivity index (χ3n) is 8.35. The number of benzene rings is 5. The van der Waals surface area contributed by atoms with E-state index >= 15 is 0 Å². The molecule has 236 valence electrons. The first-order valence-electron chi connectivity index (χ1n) is 16.4. The molecule has 0 aliphatic carbocycles. The zero-order valence-corrected chi connectivity index (χ0v) is 27.2. The summed E-state index contributed by atoms with van der Waals surface area (Å²) in [6, 6.07) is 37.4. The van der Waals surface area contributed by atoms with Gasteiger partial charge in [-0.3, -0.25) is 0 Å². The lowest BCUT2D eigenvalue weighted by Crippen LogP contribution is -2.03. The van der Waals surface area contributed by atoms with E-state index in [1.165, 1.54) is 5.39 Å². The zero-order chi connectivity index (χ0) is 33.4. The fraction of sp³-hybridized carbons (Fsp3) is 0.0444. The molecule has 2 aromatic heterocycles. The first-order chi connectivity index (χ1) is 24.2. The van der Waals surface area contributed by atoms with Gasteiger partial charge in [0.1, 0.15) is 17.0 Å². The topological polar surface area (TPSA) is 51.8 Å². The Balaban J connectivity index is 1.33. The number of nitrogens with zero attached hydrogens (tertiary/aromatic N) is 3. The minimum Gasteiger partial charge on any atom is -0.455 e. The average Bonchev–Trinajstić information content (AvgIpc) is 3.54. The van der Waals surface area contributed by atoms with Gasteiger partial charge in [0, 0.05) is 33.9 Å². The van der Waals surface area contributed by atoms with Crippen molar-refractivity contribution in [1.29, 1.82) is 0 Å². The molecule has 0 atom stereocenters. The van der Waals surface area contributed by atoms with Crippen LogP contribution in [0.4, 0.5) is 0 Å². The lowest BCUT2D eigenvalue weighted by atomic mass is 10.0. The van der Waals surface area contributed by atoms with Gasteiger partial charge in [-0.15, -0.1) is 0 Å². The summed E-state index contributed by atoms with van der Waals surface area (Å²) in [6.07, 6.45) is 19.1. The maximum atomic E-state index is 6.55. The first kappa shape index (κ1) is 31.2. The summed E-state index contributed by atoms with van der Waals surface area (Å²) in [5.74, 6) is 1.92. The second kappa shape index (κ2) is 14.6. The number of hydrogen-bond acceptors (Lipinski definition) is 4. The normalized spacial score (nSPS) is 12.3. The molecule has 0 radical (unpaired) electrons. The van der Waals surface area contributed by atoms with E-state index in [9.17, 15) is 0 Å². The Labute approximate surface area is 286 Å². The number of para-hydroxylation sites is 1. The summed E-state index contributed by atoms with van der Waals surface area (Å²) >= 11 is 0. The highest BCUT2D eigenvalue weighted by Gasteiger charge is 2.19. The van der Waals surface area contributed by atoms with Crippen molar-refractivity contribution >= 4 is 32.7 Å². The van der Waals surface area contributed by atoms with Crippen LogP contribution in [0.2, 0.25) is 0 Å². The summed E-state index contributed by atoms with van der Waals surface area (Å²) in [6.45, 7) is 7.62. The number of fused-ring (bicyclic) bond motifs is 4. The fourth-order valence-electron chi connectivity index (χ4n) is 6.05. The van der Waals surface area contributed by atoms with Crippen molar-refractivity contribution in [3.8, 4) is 33.9 Å². The van der Waals surface area contributed by atoms with Crippen LogP contribution in [0.1, 0.15) is 12.2 Å². The van der Waals surface area contributed by atoms with Crippen molar-refractivity contribution < 1.29 is 4.42 Å². The molecule has 0 N–H and O–H groups in total. The molecule has 0 spiro atoms. The van der Waals surface area contributed by atoms with Crippen molar-refractivity contribution in [2.75, 3.05) is 0 Å². The molecule has 0 fully saturated rings. The van der Waals surface area contributed by atoms with E-state index in [4.69, 9.17) is 19.4 Å². The fourth-order valence-corrected chi connectivity index (χ4v) is 6.05. The standard InChI is InChI=1S/C45H35N3O/c1-3-5-6-7-9-18-32(17-4-2)19-14-28-41-46-44(36-30-29-33-20-12-13-23-35(33)31-36)48-45(47-41)39-26-16-27-40-42(39)38-25-15-24-37(43(38)49-40)34-21-10-8-11-22-34/h3-17,19-27,29-31H,1-2,18,28H2/b6-5-,9-7-,19-14-,32-17-. The average molecular weight is 634 g/mol. The Bertz CT molecular complexity index is 2430. The van der Waals surface area contributed by atoms with E-state index in [-0.39, 0.29) is 0 Å². The van der Waals surface area contributed by atoms with E-state index in [0.29, 0.717) is 23.9 Å². The van der Waals surface area contributed by atoms with Crippen LogP contribution in [0.15, 0.2) is 187 Å². The van der Waals surface area contributed by atoms with Gasteiger partial charge in [0.2, 0.25) is 0 Å². The van der Waals surface area contributed by atoms with Gasteiger partial charge < -0.3 is 4.42 Å². The third-order valence-corrected chi connectivity index (χ3v) is 8.35. The van der Waals surface area contributed by atoms with Gasteiger partial charge in [-0.1, -0.05) is 165 Å². The predicted octanol–water partition coefficient (Wildman–Crippen LogP) is 11.8. The third kappa shape index (κ3) is 6.85. The minimum atomic E-state index is 0.533. The van der Waals surface area contributed by atoms with Gasteiger partial charge in [-0.05, 0) is 40.5 Å². The molecule has 0 aliphatic heterocycles. The van der Waals surface area contributed by atoms with Crippen LogP contribution in [0.3, 0.4) is 0 Å². The van der Waals surface area contributed by atoms with Gasteiger partial charge in [0.25, 0.3) is 0 Å². The minimum absolute atomic E-state index is 0.533. The molecule has 4 heteroatoms. The van der Waals surface area contributed by atoms with Gasteiger partial charge in [-0.25, -0.2) is 15.0 Å². The molecule has 0 amide bonds. The van der Waals surface area contributed by atoms with Crippen LogP contribution in [0.25, 0.3) is 66.6 Å². The molecular weight excluding hydrogens is 599 g/mol. The van der Waals surface area contributed by atoms with E-state index in [2.05, 4.69) is 110 Å². The molecule has 0 saturated carbocycles. The van der Waals surface area contributed by atoms with Crippen LogP contribution in [0.5, 0.6) is 0 Å². The molecule has 0 unspecified atom stereocenters. The summed E-state index contributed by atoms with van der Waals surface area (Å²) < 4.78 is 6.55. The van der Waals surface area contributed by atoms with Gasteiger partial charge >= 0.3 is 0 Å². The summed E-state index contributed by atoms with van der Waals surface area (Å²) in [7, 11) is 0. The van der Waals surface area contributed by atoms with Crippen LogP contribution in [0, 0.1) is 0 Å². The quantitative estimate of drug-likeness (QED) is 0.133. The molecule has 5 aromatic carbocycles. The lowest BCUT2D eigenvalue weighted by molar-refractivity contribution is 0.670. The number of hydrogen-bond donors (Lipinski definition) is 0. The van der Waals surface area contributed by atoms with Crippen molar-refractivity contribution in [2.24, 2.45) is 0 Å². The Morgan fingerprint density at radius 3 is 2.29 bits per heavy atom. The number of aromatic nitrogens is 3. The summed E-state index contributed by atoms with van der Waals surface area (Å²) in [5.41, 5.74) is 6.77. The molecule has 0 bridgehead atoms. The molecule has 4 nitrogen and oxygen atoms in total. The Hall–Kier alpha value is -6.39. The molecule has 0 aliphatic rings. The van der Waals surface area contributed by atoms with Crippen molar-refractivity contribution in [2.45, 2.75) is 12.8 Å². The van der Waals surface area contributed by atoms with E-state index in [0.717, 1.165) is 61.6 Å². The van der Waals surface area contributed by atoms with Gasteiger partial charge in [0.05, 0.1) is 0 Å². The maximum absolute atomic E-state index is 6.55.